The minimum atomic E-state index is -0.891. The fraction of sp³-hybridized carbons (Fsp3) is 0.381. The highest BCUT2D eigenvalue weighted by atomic mass is 19.1. The number of rotatable bonds is 7. The second kappa shape index (κ2) is 8.82. The lowest BCUT2D eigenvalue weighted by Gasteiger charge is -2.18. The lowest BCUT2D eigenvalue weighted by molar-refractivity contribution is 0.154. The molecule has 28 heavy (non-hydrogen) atoms. The van der Waals surface area contributed by atoms with Crippen LogP contribution in [0.4, 0.5) is 9.18 Å². The Morgan fingerprint density at radius 2 is 1.82 bits per heavy atom. The van der Waals surface area contributed by atoms with Gasteiger partial charge in [-0.3, -0.25) is 0 Å². The van der Waals surface area contributed by atoms with Crippen LogP contribution in [0.15, 0.2) is 42.5 Å². The molecule has 150 valence electrons. The molecule has 1 aliphatic heterocycles. The molecule has 0 unspecified atom stereocenters. The number of carbonyl (C=O) groups is 1. The molecule has 0 bridgehead atoms. The van der Waals surface area contributed by atoms with Crippen LogP contribution < -0.4 is 14.2 Å². The second-order valence-corrected chi connectivity index (χ2v) is 6.83. The summed E-state index contributed by atoms with van der Waals surface area (Å²) >= 11 is 0. The molecule has 1 saturated heterocycles. The third-order valence-corrected chi connectivity index (χ3v) is 4.92. The van der Waals surface area contributed by atoms with Gasteiger partial charge in [0.2, 0.25) is 0 Å². The third-order valence-electron chi connectivity index (χ3n) is 4.92. The first-order chi connectivity index (χ1) is 13.5. The highest BCUT2D eigenvalue weighted by Gasteiger charge is 2.33. The highest BCUT2D eigenvalue weighted by Crippen LogP contribution is 2.37. The van der Waals surface area contributed by atoms with Crippen LogP contribution >= 0.6 is 0 Å². The van der Waals surface area contributed by atoms with Crippen molar-refractivity contribution in [3.8, 4) is 17.2 Å². The number of methoxy groups -OCH3 is 1. The minimum Gasteiger partial charge on any atom is -0.493 e. The quantitative estimate of drug-likeness (QED) is 0.725. The van der Waals surface area contributed by atoms with Gasteiger partial charge in [-0.25, -0.2) is 9.18 Å². The number of hydrogen-bond donors (Lipinski definition) is 1. The molecule has 2 aromatic rings. The monoisotopic (exact) mass is 389 g/mol. The fourth-order valence-corrected chi connectivity index (χ4v) is 3.44. The summed E-state index contributed by atoms with van der Waals surface area (Å²) in [5, 5.41) is 9.23. The first-order valence-corrected chi connectivity index (χ1v) is 9.15. The largest absolute Gasteiger partial charge is 0.493 e. The van der Waals surface area contributed by atoms with Gasteiger partial charge in [-0.15, -0.1) is 0 Å². The molecule has 1 heterocycles. The summed E-state index contributed by atoms with van der Waals surface area (Å²) in [6.07, 6.45) is -0.891. The van der Waals surface area contributed by atoms with Gasteiger partial charge in [0.25, 0.3) is 0 Å². The molecule has 2 aromatic carbocycles. The molecule has 0 spiro atoms. The van der Waals surface area contributed by atoms with E-state index < -0.39 is 6.09 Å². The van der Waals surface area contributed by atoms with Gasteiger partial charge in [0.1, 0.15) is 24.8 Å². The SMILES string of the molecule is COc1ccc([C@H]2CN(C(=O)O)C[C@H]2C)cc1OCCOc1ccc(F)cc1. The van der Waals surface area contributed by atoms with Gasteiger partial charge in [-0.1, -0.05) is 13.0 Å². The molecule has 1 aliphatic rings. The molecule has 1 fully saturated rings. The van der Waals surface area contributed by atoms with E-state index in [1.54, 1.807) is 19.2 Å². The maximum atomic E-state index is 12.9. The Morgan fingerprint density at radius 3 is 2.46 bits per heavy atom. The van der Waals surface area contributed by atoms with Crippen LogP contribution in [0.2, 0.25) is 0 Å². The number of amides is 1. The maximum absolute atomic E-state index is 12.9. The van der Waals surface area contributed by atoms with E-state index in [2.05, 4.69) is 6.92 Å². The molecule has 6 nitrogen and oxygen atoms in total. The molecule has 1 amide bonds. The topological polar surface area (TPSA) is 68.2 Å². The van der Waals surface area contributed by atoms with Crippen LogP contribution in [-0.2, 0) is 0 Å². The Labute approximate surface area is 163 Å². The van der Waals surface area contributed by atoms with E-state index in [9.17, 15) is 14.3 Å². The van der Waals surface area contributed by atoms with Crippen molar-refractivity contribution in [2.45, 2.75) is 12.8 Å². The molecular formula is C21H24FNO5. The highest BCUT2D eigenvalue weighted by molar-refractivity contribution is 5.65. The third kappa shape index (κ3) is 4.65. The summed E-state index contributed by atoms with van der Waals surface area (Å²) in [7, 11) is 1.57. The number of benzene rings is 2. The molecular weight excluding hydrogens is 365 g/mol. The van der Waals surface area contributed by atoms with Crippen molar-refractivity contribution in [1.82, 2.24) is 4.90 Å². The molecule has 3 rings (SSSR count). The number of carboxylic acid groups (broad SMARTS) is 1. The Morgan fingerprint density at radius 1 is 1.11 bits per heavy atom. The Bertz CT molecular complexity index is 811. The first-order valence-electron chi connectivity index (χ1n) is 9.15. The average Bonchev–Trinajstić information content (AvgIpc) is 3.08. The zero-order valence-electron chi connectivity index (χ0n) is 15.9. The van der Waals surface area contributed by atoms with Crippen LogP contribution in [0.25, 0.3) is 0 Å². The van der Waals surface area contributed by atoms with E-state index in [4.69, 9.17) is 14.2 Å². The van der Waals surface area contributed by atoms with Gasteiger partial charge in [0.05, 0.1) is 7.11 Å². The number of halogens is 1. The maximum Gasteiger partial charge on any atom is 0.407 e. The van der Waals surface area contributed by atoms with E-state index in [-0.39, 0.29) is 17.7 Å². The molecule has 0 radical (unpaired) electrons. The molecule has 2 atom stereocenters. The van der Waals surface area contributed by atoms with Crippen LogP contribution in [0.5, 0.6) is 17.2 Å². The molecule has 0 saturated carbocycles. The van der Waals surface area contributed by atoms with Crippen molar-refractivity contribution < 1.29 is 28.5 Å². The molecule has 0 aliphatic carbocycles. The Balaban J connectivity index is 1.62. The normalized spacial score (nSPS) is 18.8. The number of likely N-dealkylation sites (tertiary alicyclic amines) is 1. The van der Waals surface area contributed by atoms with Gasteiger partial charge >= 0.3 is 6.09 Å². The van der Waals surface area contributed by atoms with Gasteiger partial charge < -0.3 is 24.2 Å². The number of hydrogen-bond acceptors (Lipinski definition) is 4. The van der Waals surface area contributed by atoms with E-state index in [0.29, 0.717) is 43.6 Å². The fourth-order valence-electron chi connectivity index (χ4n) is 3.44. The van der Waals surface area contributed by atoms with E-state index in [1.807, 2.05) is 18.2 Å². The summed E-state index contributed by atoms with van der Waals surface area (Å²) in [5.74, 6) is 1.78. The summed E-state index contributed by atoms with van der Waals surface area (Å²) in [5.41, 5.74) is 1.02. The van der Waals surface area contributed by atoms with Crippen molar-refractivity contribution in [2.75, 3.05) is 33.4 Å². The molecule has 7 heteroatoms. The van der Waals surface area contributed by atoms with Crippen LogP contribution in [0, 0.1) is 11.7 Å². The van der Waals surface area contributed by atoms with Gasteiger partial charge in [0, 0.05) is 19.0 Å². The van der Waals surface area contributed by atoms with Crippen LogP contribution in [0.1, 0.15) is 18.4 Å². The Hall–Kier alpha value is -2.96. The van der Waals surface area contributed by atoms with E-state index in [0.717, 1.165) is 5.56 Å². The second-order valence-electron chi connectivity index (χ2n) is 6.83. The van der Waals surface area contributed by atoms with Gasteiger partial charge in [0.15, 0.2) is 11.5 Å². The van der Waals surface area contributed by atoms with Gasteiger partial charge in [-0.2, -0.15) is 0 Å². The lowest BCUT2D eigenvalue weighted by atomic mass is 9.90. The van der Waals surface area contributed by atoms with Crippen LogP contribution in [0.3, 0.4) is 0 Å². The Kier molecular flexibility index (Phi) is 6.23. The average molecular weight is 389 g/mol. The van der Waals surface area contributed by atoms with Crippen molar-refractivity contribution in [3.63, 3.8) is 0 Å². The van der Waals surface area contributed by atoms with Gasteiger partial charge in [-0.05, 0) is 47.9 Å². The van der Waals surface area contributed by atoms with E-state index >= 15 is 0 Å². The zero-order chi connectivity index (χ0) is 20.1. The molecule has 1 N–H and O–H groups in total. The summed E-state index contributed by atoms with van der Waals surface area (Å²) in [6, 6.07) is 11.5. The van der Waals surface area contributed by atoms with Crippen molar-refractivity contribution in [2.24, 2.45) is 5.92 Å². The van der Waals surface area contributed by atoms with Crippen molar-refractivity contribution in [3.05, 3.63) is 53.8 Å². The van der Waals surface area contributed by atoms with Crippen LogP contribution in [-0.4, -0.2) is 49.5 Å². The smallest absolute Gasteiger partial charge is 0.407 e. The standard InChI is InChI=1S/C21H24FNO5/c1-14-12-23(21(24)25)13-18(14)15-3-8-19(26-2)20(11-15)28-10-9-27-17-6-4-16(22)5-7-17/h3-8,11,14,18H,9-10,12-13H2,1-2H3,(H,24,25)/t14-,18+/m1/s1. The summed E-state index contributed by atoms with van der Waals surface area (Å²) < 4.78 is 29.6. The lowest BCUT2D eigenvalue weighted by Crippen LogP contribution is -2.26. The summed E-state index contributed by atoms with van der Waals surface area (Å²) in [6.45, 7) is 3.63. The predicted molar refractivity (Wildman–Crippen MR) is 102 cm³/mol. The minimum absolute atomic E-state index is 0.111. The first kappa shape index (κ1) is 19.8. The van der Waals surface area contributed by atoms with Crippen molar-refractivity contribution >= 4 is 6.09 Å². The molecule has 0 aromatic heterocycles. The zero-order valence-corrected chi connectivity index (χ0v) is 15.9. The number of nitrogens with zero attached hydrogens (tertiary/aromatic N) is 1. The number of ether oxygens (including phenoxy) is 3. The van der Waals surface area contributed by atoms with Crippen molar-refractivity contribution in [1.29, 1.82) is 0 Å². The van der Waals surface area contributed by atoms with E-state index in [1.165, 1.54) is 17.0 Å². The predicted octanol–water partition coefficient (Wildman–Crippen LogP) is 4.01. The summed E-state index contributed by atoms with van der Waals surface area (Å²) in [4.78, 5) is 12.7.